The summed E-state index contributed by atoms with van der Waals surface area (Å²) in [7, 11) is 2.89. The van der Waals surface area contributed by atoms with Gasteiger partial charge in [-0.05, 0) is 77.9 Å². The first-order valence-electron chi connectivity index (χ1n) is 12.9. The number of amides is 1. The number of esters is 1. The Kier molecular flexibility index (Phi) is 7.90. The minimum absolute atomic E-state index is 0.00395. The summed E-state index contributed by atoms with van der Waals surface area (Å²) in [4.78, 5) is 40.4. The summed E-state index contributed by atoms with van der Waals surface area (Å²) >= 11 is 0. The number of hydrogen-bond donors (Lipinski definition) is 1. The highest BCUT2D eigenvalue weighted by Gasteiger charge is 2.47. The molecule has 0 saturated carbocycles. The van der Waals surface area contributed by atoms with E-state index in [2.05, 4.69) is 0 Å². The van der Waals surface area contributed by atoms with E-state index in [0.717, 1.165) is 17.5 Å². The number of carbonyl (C=O) groups excluding carboxylic acids is 3. The molecule has 3 aromatic rings. The Labute approximate surface area is 228 Å². The highest BCUT2D eigenvalue weighted by Crippen LogP contribution is 2.43. The van der Waals surface area contributed by atoms with Gasteiger partial charge in [0.15, 0.2) is 0 Å². The molecule has 1 unspecified atom stereocenters. The summed E-state index contributed by atoms with van der Waals surface area (Å²) in [5, 5.41) is 11.7. The van der Waals surface area contributed by atoms with Crippen molar-refractivity contribution >= 4 is 29.1 Å². The second-order valence-electron chi connectivity index (χ2n) is 9.87. The largest absolute Gasteiger partial charge is 0.507 e. The van der Waals surface area contributed by atoms with Crippen LogP contribution in [-0.2, 0) is 20.7 Å². The molecule has 7 nitrogen and oxygen atoms in total. The van der Waals surface area contributed by atoms with Crippen LogP contribution in [0.15, 0.2) is 66.2 Å². The van der Waals surface area contributed by atoms with E-state index in [1.54, 1.807) is 31.4 Å². The fourth-order valence-corrected chi connectivity index (χ4v) is 4.95. The van der Waals surface area contributed by atoms with Crippen LogP contribution in [0.4, 0.5) is 5.69 Å². The molecule has 4 rings (SSSR count). The maximum atomic E-state index is 13.6. The number of anilines is 1. The molecule has 7 heteroatoms. The number of aryl methyl sites for hydroxylation is 2. The molecule has 0 aromatic heterocycles. The topological polar surface area (TPSA) is 93.1 Å². The number of ether oxygens (including phenoxy) is 2. The molecular formula is C32H33NO6. The monoisotopic (exact) mass is 527 g/mol. The minimum Gasteiger partial charge on any atom is -0.507 e. The van der Waals surface area contributed by atoms with Gasteiger partial charge in [-0.2, -0.15) is 0 Å². The van der Waals surface area contributed by atoms with E-state index in [1.807, 2.05) is 64.1 Å². The highest BCUT2D eigenvalue weighted by molar-refractivity contribution is 6.51. The molecule has 1 aliphatic rings. The van der Waals surface area contributed by atoms with Gasteiger partial charge in [-0.1, -0.05) is 45.0 Å². The molecule has 1 fully saturated rings. The lowest BCUT2D eigenvalue weighted by atomic mass is 9.90. The zero-order valence-corrected chi connectivity index (χ0v) is 23.1. The average molecular weight is 528 g/mol. The minimum atomic E-state index is -0.871. The molecule has 39 heavy (non-hydrogen) atoms. The van der Waals surface area contributed by atoms with Gasteiger partial charge in [-0.25, -0.2) is 4.79 Å². The highest BCUT2D eigenvalue weighted by atomic mass is 16.5. The fraction of sp³-hybridized carbons (Fsp3) is 0.281. The Morgan fingerprint density at radius 2 is 1.64 bits per heavy atom. The molecular weight excluding hydrogens is 494 g/mol. The summed E-state index contributed by atoms with van der Waals surface area (Å²) in [5.41, 5.74) is 4.58. The molecule has 1 saturated heterocycles. The normalized spacial score (nSPS) is 16.6. The van der Waals surface area contributed by atoms with Gasteiger partial charge in [-0.15, -0.1) is 0 Å². The molecule has 0 bridgehead atoms. The summed E-state index contributed by atoms with van der Waals surface area (Å²) < 4.78 is 10.3. The third kappa shape index (κ3) is 5.04. The zero-order chi connectivity index (χ0) is 28.4. The first-order chi connectivity index (χ1) is 18.6. The van der Waals surface area contributed by atoms with Crippen LogP contribution in [0.3, 0.4) is 0 Å². The lowest BCUT2D eigenvalue weighted by Crippen LogP contribution is -2.29. The van der Waals surface area contributed by atoms with Crippen LogP contribution < -0.4 is 9.64 Å². The lowest BCUT2D eigenvalue weighted by molar-refractivity contribution is -0.132. The fourth-order valence-electron chi connectivity index (χ4n) is 4.95. The number of benzene rings is 3. The van der Waals surface area contributed by atoms with Crippen LogP contribution in [0.2, 0.25) is 0 Å². The van der Waals surface area contributed by atoms with Crippen molar-refractivity contribution in [2.75, 3.05) is 19.1 Å². The van der Waals surface area contributed by atoms with E-state index in [1.165, 1.54) is 12.0 Å². The van der Waals surface area contributed by atoms with Crippen molar-refractivity contribution in [2.24, 2.45) is 0 Å². The summed E-state index contributed by atoms with van der Waals surface area (Å²) in [6.07, 6.45) is 0.832. The van der Waals surface area contributed by atoms with Crippen molar-refractivity contribution < 1.29 is 29.0 Å². The van der Waals surface area contributed by atoms with Gasteiger partial charge >= 0.3 is 5.97 Å². The predicted octanol–water partition coefficient (Wildman–Crippen LogP) is 6.10. The predicted molar refractivity (Wildman–Crippen MR) is 150 cm³/mol. The molecule has 1 heterocycles. The van der Waals surface area contributed by atoms with Crippen LogP contribution in [-0.4, -0.2) is 37.0 Å². The van der Waals surface area contributed by atoms with Crippen LogP contribution in [0.5, 0.6) is 5.75 Å². The molecule has 3 aromatic carbocycles. The smallest absolute Gasteiger partial charge is 0.337 e. The number of ketones is 1. The SMILES string of the molecule is CCc1ccc(C2/C(=C(\O)c3cc(C(C)C)c(OC)cc3C)C(=O)C(=O)N2c2ccc(C(=O)OC)cc2)cc1. The van der Waals surface area contributed by atoms with Gasteiger partial charge < -0.3 is 14.6 Å². The molecule has 1 atom stereocenters. The van der Waals surface area contributed by atoms with Gasteiger partial charge in [0.2, 0.25) is 0 Å². The van der Waals surface area contributed by atoms with Crippen molar-refractivity contribution in [3.05, 3.63) is 99.6 Å². The summed E-state index contributed by atoms with van der Waals surface area (Å²) in [6.45, 7) is 7.91. The Bertz CT molecular complexity index is 1450. The van der Waals surface area contributed by atoms with Crippen LogP contribution in [0.25, 0.3) is 5.76 Å². The molecule has 0 radical (unpaired) electrons. The standard InChI is InChI=1S/C32H33NO6/c1-7-20-8-10-21(11-9-20)28-27(29(34)25-17-24(18(2)3)26(38-5)16-19(25)4)30(35)31(36)33(28)23-14-12-22(13-15-23)32(37)39-6/h8-18,28,34H,7H2,1-6H3/b29-27+. The molecule has 202 valence electrons. The quantitative estimate of drug-likeness (QED) is 0.173. The van der Waals surface area contributed by atoms with Crippen molar-refractivity contribution in [1.29, 1.82) is 0 Å². The van der Waals surface area contributed by atoms with E-state index in [4.69, 9.17) is 9.47 Å². The maximum absolute atomic E-state index is 13.6. The first-order valence-corrected chi connectivity index (χ1v) is 12.9. The first kappa shape index (κ1) is 27.6. The second-order valence-corrected chi connectivity index (χ2v) is 9.87. The van der Waals surface area contributed by atoms with E-state index >= 15 is 0 Å². The summed E-state index contributed by atoms with van der Waals surface area (Å²) in [6, 6.07) is 16.7. The Morgan fingerprint density at radius 1 is 1.00 bits per heavy atom. The average Bonchev–Trinajstić information content (AvgIpc) is 3.21. The van der Waals surface area contributed by atoms with Crippen molar-refractivity contribution in [3.63, 3.8) is 0 Å². The van der Waals surface area contributed by atoms with E-state index in [-0.39, 0.29) is 17.3 Å². The van der Waals surface area contributed by atoms with Crippen LogP contribution in [0, 0.1) is 6.92 Å². The third-order valence-corrected chi connectivity index (χ3v) is 7.17. The van der Waals surface area contributed by atoms with Crippen molar-refractivity contribution in [1.82, 2.24) is 0 Å². The molecule has 1 aliphatic heterocycles. The summed E-state index contributed by atoms with van der Waals surface area (Å²) in [5.74, 6) is -1.50. The number of carbonyl (C=O) groups is 3. The second kappa shape index (κ2) is 11.2. The number of aliphatic hydroxyl groups is 1. The molecule has 0 spiro atoms. The van der Waals surface area contributed by atoms with Gasteiger partial charge in [0.05, 0.1) is 31.4 Å². The van der Waals surface area contributed by atoms with Crippen LogP contribution in [0.1, 0.15) is 70.9 Å². The van der Waals surface area contributed by atoms with Gasteiger partial charge in [0, 0.05) is 11.3 Å². The number of Topliss-reactive ketones (excluding diaryl/α,β-unsaturated/α-hetero) is 1. The zero-order valence-electron chi connectivity index (χ0n) is 23.1. The van der Waals surface area contributed by atoms with Gasteiger partial charge in [0.1, 0.15) is 11.5 Å². The number of nitrogens with zero attached hydrogens (tertiary/aromatic N) is 1. The van der Waals surface area contributed by atoms with Crippen molar-refractivity contribution in [2.45, 2.75) is 46.1 Å². The third-order valence-electron chi connectivity index (χ3n) is 7.17. The van der Waals surface area contributed by atoms with Crippen molar-refractivity contribution in [3.8, 4) is 5.75 Å². The molecule has 1 amide bonds. The Balaban J connectivity index is 1.94. The number of hydrogen-bond acceptors (Lipinski definition) is 6. The van der Waals surface area contributed by atoms with E-state index < -0.39 is 23.7 Å². The van der Waals surface area contributed by atoms with E-state index in [0.29, 0.717) is 33.7 Å². The molecule has 0 aliphatic carbocycles. The van der Waals surface area contributed by atoms with Gasteiger partial charge in [0.25, 0.3) is 11.7 Å². The van der Waals surface area contributed by atoms with Gasteiger partial charge in [-0.3, -0.25) is 14.5 Å². The van der Waals surface area contributed by atoms with Crippen LogP contribution >= 0.6 is 0 Å². The Morgan fingerprint density at radius 3 is 2.18 bits per heavy atom. The Hall–Kier alpha value is -4.39. The molecule has 1 N–H and O–H groups in total. The number of rotatable bonds is 7. The lowest BCUT2D eigenvalue weighted by Gasteiger charge is -2.26. The maximum Gasteiger partial charge on any atom is 0.337 e. The number of aliphatic hydroxyl groups excluding tert-OH is 1. The van der Waals surface area contributed by atoms with E-state index in [9.17, 15) is 19.5 Å². The number of methoxy groups -OCH3 is 2.